The topological polar surface area (TPSA) is 112 Å². The molecule has 0 fully saturated rings. The number of aromatic nitrogens is 1. The third-order valence-electron chi connectivity index (χ3n) is 6.62. The van der Waals surface area contributed by atoms with Crippen LogP contribution in [0, 0.1) is 6.92 Å². The third kappa shape index (κ3) is 5.30. The van der Waals surface area contributed by atoms with Gasteiger partial charge in [-0.1, -0.05) is 54.6 Å². The molecule has 0 saturated carbocycles. The van der Waals surface area contributed by atoms with E-state index in [0.29, 0.717) is 28.9 Å². The summed E-state index contributed by atoms with van der Waals surface area (Å²) in [6.07, 6.45) is 1.43. The molecular weight excluding hydrogens is 512 g/mol. The van der Waals surface area contributed by atoms with Crippen LogP contribution in [0.2, 0.25) is 0 Å². The Kier molecular flexibility index (Phi) is 7.24. The summed E-state index contributed by atoms with van der Waals surface area (Å²) in [6, 6.07) is 27.3. The van der Waals surface area contributed by atoms with Gasteiger partial charge in [-0.05, 0) is 65.6 Å². The first-order chi connectivity index (χ1) is 18.8. The van der Waals surface area contributed by atoms with Crippen LogP contribution in [0.4, 0.5) is 0 Å². The fourth-order valence-electron chi connectivity index (χ4n) is 4.75. The van der Waals surface area contributed by atoms with E-state index in [4.69, 9.17) is 10.5 Å². The van der Waals surface area contributed by atoms with Crippen LogP contribution < -0.4 is 10.5 Å². The Bertz CT molecular complexity index is 1790. The molecule has 0 unspecified atom stereocenters. The molecule has 0 radical (unpaired) electrons. The van der Waals surface area contributed by atoms with E-state index in [1.807, 2.05) is 42.5 Å². The normalized spacial score (nSPS) is 11.5. The van der Waals surface area contributed by atoms with Crippen molar-refractivity contribution in [2.45, 2.75) is 31.4 Å². The SMILES string of the molecule is Cc1ccccc1S(=O)(=O)n1ccc2cc(COc3ccccc3CC(=O)O)cc(-c3cccc(CN)c3)c21. The van der Waals surface area contributed by atoms with Gasteiger partial charge in [-0.15, -0.1) is 0 Å². The number of ether oxygens (including phenoxy) is 1. The van der Waals surface area contributed by atoms with Crippen LogP contribution in [0.1, 0.15) is 22.3 Å². The predicted octanol–water partition coefficient (Wildman–Crippen LogP) is 5.52. The zero-order valence-electron chi connectivity index (χ0n) is 21.4. The summed E-state index contributed by atoms with van der Waals surface area (Å²) < 4.78 is 35.1. The highest BCUT2D eigenvalue weighted by Crippen LogP contribution is 2.35. The Hall–Kier alpha value is -4.40. The maximum absolute atomic E-state index is 13.8. The van der Waals surface area contributed by atoms with Crippen molar-refractivity contribution in [2.75, 3.05) is 0 Å². The number of aryl methyl sites for hydroxylation is 1. The zero-order valence-corrected chi connectivity index (χ0v) is 22.2. The van der Waals surface area contributed by atoms with Gasteiger partial charge in [0.25, 0.3) is 10.0 Å². The summed E-state index contributed by atoms with van der Waals surface area (Å²) in [5.41, 5.74) is 11.0. The van der Waals surface area contributed by atoms with Crippen molar-refractivity contribution in [3.63, 3.8) is 0 Å². The first-order valence-electron chi connectivity index (χ1n) is 12.4. The lowest BCUT2D eigenvalue weighted by atomic mass is 9.98. The summed E-state index contributed by atoms with van der Waals surface area (Å²) >= 11 is 0. The molecule has 0 saturated heterocycles. The highest BCUT2D eigenvalue weighted by atomic mass is 32.2. The van der Waals surface area contributed by atoms with Gasteiger partial charge < -0.3 is 15.6 Å². The van der Waals surface area contributed by atoms with Crippen LogP contribution in [-0.4, -0.2) is 23.5 Å². The molecule has 0 aliphatic carbocycles. The molecule has 5 rings (SSSR count). The Morgan fingerprint density at radius 2 is 1.69 bits per heavy atom. The lowest BCUT2D eigenvalue weighted by molar-refractivity contribution is -0.136. The summed E-state index contributed by atoms with van der Waals surface area (Å²) in [5.74, 6) is -0.447. The maximum Gasteiger partial charge on any atom is 0.307 e. The maximum atomic E-state index is 13.8. The molecular formula is C31H28N2O5S. The predicted molar refractivity (Wildman–Crippen MR) is 151 cm³/mol. The number of hydrogen-bond donors (Lipinski definition) is 2. The second kappa shape index (κ2) is 10.8. The number of carboxylic acid groups (broad SMARTS) is 1. The summed E-state index contributed by atoms with van der Waals surface area (Å²) in [4.78, 5) is 11.5. The van der Waals surface area contributed by atoms with Gasteiger partial charge in [0.2, 0.25) is 0 Å². The number of nitrogens with zero attached hydrogens (tertiary/aromatic N) is 1. The number of nitrogens with two attached hydrogens (primary N) is 1. The lowest BCUT2D eigenvalue weighted by Gasteiger charge is -2.15. The minimum Gasteiger partial charge on any atom is -0.489 e. The third-order valence-corrected chi connectivity index (χ3v) is 8.46. The van der Waals surface area contributed by atoms with Gasteiger partial charge in [0.05, 0.1) is 16.8 Å². The highest BCUT2D eigenvalue weighted by molar-refractivity contribution is 7.90. The number of hydrogen-bond acceptors (Lipinski definition) is 5. The minimum absolute atomic E-state index is 0.147. The largest absolute Gasteiger partial charge is 0.489 e. The molecule has 1 aromatic heterocycles. The van der Waals surface area contributed by atoms with E-state index >= 15 is 0 Å². The van der Waals surface area contributed by atoms with Crippen LogP contribution in [0.15, 0.2) is 102 Å². The van der Waals surface area contributed by atoms with Gasteiger partial charge >= 0.3 is 5.97 Å². The van der Waals surface area contributed by atoms with E-state index in [-0.39, 0.29) is 17.9 Å². The quantitative estimate of drug-likeness (QED) is 0.255. The molecule has 0 spiro atoms. The zero-order chi connectivity index (χ0) is 27.6. The van der Waals surface area contributed by atoms with Crippen molar-refractivity contribution >= 4 is 26.9 Å². The fraction of sp³-hybridized carbons (Fsp3) is 0.129. The monoisotopic (exact) mass is 540 g/mol. The van der Waals surface area contributed by atoms with Crippen LogP contribution in [0.25, 0.3) is 22.0 Å². The van der Waals surface area contributed by atoms with Gasteiger partial charge in [0.15, 0.2) is 0 Å². The average molecular weight is 541 g/mol. The Morgan fingerprint density at radius 3 is 2.46 bits per heavy atom. The van der Waals surface area contributed by atoms with Crippen LogP contribution in [-0.2, 0) is 34.4 Å². The second-order valence-corrected chi connectivity index (χ2v) is 11.1. The molecule has 3 N–H and O–H groups in total. The molecule has 0 aliphatic rings. The molecule has 198 valence electrons. The molecule has 0 aliphatic heterocycles. The van der Waals surface area contributed by atoms with Crippen LogP contribution in [0.5, 0.6) is 5.75 Å². The van der Waals surface area contributed by atoms with E-state index in [1.165, 1.54) is 3.97 Å². The van der Waals surface area contributed by atoms with Crippen LogP contribution in [0.3, 0.4) is 0 Å². The Morgan fingerprint density at radius 1 is 0.923 bits per heavy atom. The number of rotatable bonds is 9. The van der Waals surface area contributed by atoms with E-state index in [1.54, 1.807) is 61.7 Å². The Balaban J connectivity index is 1.64. The van der Waals surface area contributed by atoms with E-state index in [0.717, 1.165) is 27.6 Å². The first kappa shape index (κ1) is 26.2. The number of fused-ring (bicyclic) bond motifs is 1. The first-order valence-corrected chi connectivity index (χ1v) is 13.9. The highest BCUT2D eigenvalue weighted by Gasteiger charge is 2.23. The summed E-state index contributed by atoms with van der Waals surface area (Å²) in [5, 5.41) is 9.99. The average Bonchev–Trinajstić information content (AvgIpc) is 3.37. The van der Waals surface area contributed by atoms with Crippen molar-refractivity contribution in [1.82, 2.24) is 3.97 Å². The van der Waals surface area contributed by atoms with Crippen LogP contribution >= 0.6 is 0 Å². The van der Waals surface area contributed by atoms with E-state index in [9.17, 15) is 18.3 Å². The lowest BCUT2D eigenvalue weighted by Crippen LogP contribution is -2.13. The second-order valence-electron chi connectivity index (χ2n) is 9.33. The van der Waals surface area contributed by atoms with Gasteiger partial charge in [-0.25, -0.2) is 12.4 Å². The molecule has 39 heavy (non-hydrogen) atoms. The standard InChI is InChI=1S/C31H28N2O5S/c1-21-7-2-5-12-29(21)39(36,37)33-14-13-26-16-23(20-38-28-11-4-3-9-25(28)18-30(34)35)17-27(31(26)33)24-10-6-8-22(15-24)19-32/h2-17H,18-20,32H2,1H3,(H,34,35). The van der Waals surface area contributed by atoms with Crippen molar-refractivity contribution in [3.8, 4) is 16.9 Å². The van der Waals surface area contributed by atoms with Gasteiger partial charge in [-0.2, -0.15) is 0 Å². The molecule has 5 aromatic rings. The molecule has 0 atom stereocenters. The number of carbonyl (C=O) groups is 1. The Labute approximate surface area is 227 Å². The number of benzene rings is 4. The summed E-state index contributed by atoms with van der Waals surface area (Å²) in [6.45, 7) is 2.30. The van der Waals surface area contributed by atoms with E-state index in [2.05, 4.69) is 0 Å². The fourth-order valence-corrected chi connectivity index (χ4v) is 6.35. The van der Waals surface area contributed by atoms with Crippen molar-refractivity contribution in [2.24, 2.45) is 5.73 Å². The van der Waals surface area contributed by atoms with Crippen molar-refractivity contribution in [3.05, 3.63) is 119 Å². The number of aliphatic carboxylic acids is 1. The smallest absolute Gasteiger partial charge is 0.307 e. The molecule has 8 heteroatoms. The van der Waals surface area contributed by atoms with Crippen molar-refractivity contribution < 1.29 is 23.1 Å². The number of para-hydroxylation sites is 1. The van der Waals surface area contributed by atoms with Gasteiger partial charge in [0, 0.05) is 29.3 Å². The summed E-state index contributed by atoms with van der Waals surface area (Å²) in [7, 11) is -3.88. The molecule has 4 aromatic carbocycles. The molecule has 0 amide bonds. The van der Waals surface area contributed by atoms with Crippen molar-refractivity contribution in [1.29, 1.82) is 0 Å². The van der Waals surface area contributed by atoms with Gasteiger partial charge in [0.1, 0.15) is 12.4 Å². The molecule has 1 heterocycles. The number of carboxylic acids is 1. The van der Waals surface area contributed by atoms with Gasteiger partial charge in [-0.3, -0.25) is 4.79 Å². The molecule has 0 bridgehead atoms. The molecule has 7 nitrogen and oxygen atoms in total. The minimum atomic E-state index is -3.88. The van der Waals surface area contributed by atoms with E-state index < -0.39 is 16.0 Å².